The Morgan fingerprint density at radius 2 is 1.00 bits per heavy atom. The van der Waals surface area contributed by atoms with Gasteiger partial charge in [0.1, 0.15) is 12.7 Å². The topological polar surface area (TPSA) is 149 Å². The van der Waals surface area contributed by atoms with E-state index >= 15 is 0 Å². The number of hydrogen-bond donors (Lipinski definition) is 3. The highest BCUT2D eigenvalue weighted by Gasteiger charge is 2.27. The summed E-state index contributed by atoms with van der Waals surface area (Å²) in [4.78, 5) is 34.9. The van der Waals surface area contributed by atoms with Crippen molar-refractivity contribution < 1.29 is 47.8 Å². The molecule has 0 heterocycles. The summed E-state index contributed by atoms with van der Waals surface area (Å²) in [6.45, 7) is 2.28. The van der Waals surface area contributed by atoms with E-state index in [1.54, 1.807) is 0 Å². The lowest BCUT2D eigenvalue weighted by atomic mass is 10.0. The Kier molecular flexibility index (Phi) is 36.7. The van der Waals surface area contributed by atoms with E-state index < -0.39 is 51.8 Å². The summed E-state index contributed by atoms with van der Waals surface area (Å²) in [7, 11) is -4.63. The van der Waals surface area contributed by atoms with Crippen LogP contribution in [0.3, 0.4) is 0 Å². The summed E-state index contributed by atoms with van der Waals surface area (Å²) in [5.74, 6) is -0.990. The molecule has 3 N–H and O–H groups in total. The Bertz CT molecular complexity index is 1030. The van der Waals surface area contributed by atoms with Crippen molar-refractivity contribution in [3.8, 4) is 0 Å². The lowest BCUT2D eigenvalue weighted by molar-refractivity contribution is -0.161. The van der Waals surface area contributed by atoms with Crippen molar-refractivity contribution in [2.24, 2.45) is 0 Å². The Hall–Kier alpha value is -2.07. The largest absolute Gasteiger partial charge is 0.472 e. The van der Waals surface area contributed by atoms with Crippen molar-refractivity contribution in [2.45, 2.75) is 180 Å². The molecule has 0 amide bonds. The van der Waals surface area contributed by atoms with Gasteiger partial charge in [-0.05, 0) is 51.4 Å². The van der Waals surface area contributed by atoms with Crippen LogP contribution >= 0.6 is 7.82 Å². The van der Waals surface area contributed by atoms with Crippen LogP contribution < -0.4 is 0 Å². The zero-order valence-electron chi connectivity index (χ0n) is 33.2. The zero-order valence-corrected chi connectivity index (χ0v) is 34.1. The quantitative estimate of drug-likeness (QED) is 0.0240. The minimum Gasteiger partial charge on any atom is -0.462 e. The van der Waals surface area contributed by atoms with E-state index in [0.29, 0.717) is 19.3 Å². The number of phosphoric acid groups is 1. The van der Waals surface area contributed by atoms with E-state index in [4.69, 9.17) is 19.1 Å². The Balaban J connectivity index is 4.43. The van der Waals surface area contributed by atoms with Gasteiger partial charge in [-0.15, -0.1) is 0 Å². The van der Waals surface area contributed by atoms with Gasteiger partial charge in [-0.2, -0.15) is 0 Å². The molecule has 0 radical (unpaired) electrons. The number of allylic oxidation sites excluding steroid dienone is 8. The molecule has 0 aromatic heterocycles. The molecule has 0 spiro atoms. The maximum absolute atomic E-state index is 12.6. The van der Waals surface area contributed by atoms with Gasteiger partial charge in [0, 0.05) is 12.8 Å². The molecular weight excluding hydrogens is 695 g/mol. The molecule has 308 valence electrons. The van der Waals surface area contributed by atoms with Gasteiger partial charge >= 0.3 is 19.8 Å². The minimum atomic E-state index is -4.63. The fourth-order valence-corrected chi connectivity index (χ4v) is 6.07. The lowest BCUT2D eigenvalue weighted by Crippen LogP contribution is -2.29. The molecule has 53 heavy (non-hydrogen) atoms. The number of ether oxygens (including phenoxy) is 2. The highest BCUT2D eigenvalue weighted by Crippen LogP contribution is 2.43. The van der Waals surface area contributed by atoms with E-state index in [1.807, 2.05) is 12.2 Å². The first-order valence-corrected chi connectivity index (χ1v) is 22.1. The highest BCUT2D eigenvalue weighted by molar-refractivity contribution is 7.47. The maximum atomic E-state index is 12.6. The third-order valence-electron chi connectivity index (χ3n) is 8.49. The number of rotatable bonds is 38. The molecule has 0 rings (SSSR count). The van der Waals surface area contributed by atoms with E-state index in [1.165, 1.54) is 77.0 Å². The minimum absolute atomic E-state index is 0.109. The molecular formula is C42H75O10P. The van der Waals surface area contributed by atoms with Crippen LogP contribution in [-0.4, -0.2) is 65.7 Å². The van der Waals surface area contributed by atoms with Gasteiger partial charge in [0.15, 0.2) is 6.10 Å². The molecule has 3 atom stereocenters. The second-order valence-electron chi connectivity index (χ2n) is 13.7. The van der Waals surface area contributed by atoms with E-state index in [9.17, 15) is 24.2 Å². The molecule has 0 saturated carbocycles. The second-order valence-corrected chi connectivity index (χ2v) is 15.1. The molecule has 0 bridgehead atoms. The molecule has 0 aromatic rings. The van der Waals surface area contributed by atoms with E-state index in [0.717, 1.165) is 44.9 Å². The van der Waals surface area contributed by atoms with Crippen molar-refractivity contribution in [3.05, 3.63) is 48.6 Å². The average Bonchev–Trinajstić information content (AvgIpc) is 3.14. The fourth-order valence-electron chi connectivity index (χ4n) is 5.28. The van der Waals surface area contributed by atoms with Gasteiger partial charge in [-0.1, -0.05) is 152 Å². The Morgan fingerprint density at radius 1 is 0.566 bits per heavy atom. The molecule has 1 unspecified atom stereocenters. The zero-order chi connectivity index (χ0) is 39.1. The third-order valence-corrected chi connectivity index (χ3v) is 9.44. The van der Waals surface area contributed by atoms with Gasteiger partial charge in [0.05, 0.1) is 19.8 Å². The van der Waals surface area contributed by atoms with Gasteiger partial charge in [0.25, 0.3) is 0 Å². The van der Waals surface area contributed by atoms with Crippen molar-refractivity contribution >= 4 is 19.8 Å². The van der Waals surface area contributed by atoms with E-state index in [-0.39, 0.29) is 19.4 Å². The number of aliphatic hydroxyl groups excluding tert-OH is 2. The number of unbranched alkanes of at least 4 members (excludes halogenated alkanes) is 16. The predicted octanol–water partition coefficient (Wildman–Crippen LogP) is 10.6. The fraction of sp³-hybridized carbons (Fsp3) is 0.762. The number of aliphatic hydroxyl groups is 2. The molecule has 0 aliphatic carbocycles. The smallest absolute Gasteiger partial charge is 0.462 e. The molecule has 11 heteroatoms. The summed E-state index contributed by atoms with van der Waals surface area (Å²) < 4.78 is 32.6. The summed E-state index contributed by atoms with van der Waals surface area (Å²) in [5.41, 5.74) is 0. The molecule has 0 aliphatic heterocycles. The summed E-state index contributed by atoms with van der Waals surface area (Å²) in [5, 5.41) is 18.3. The summed E-state index contributed by atoms with van der Waals surface area (Å²) in [6.07, 6.45) is 39.4. The average molecular weight is 771 g/mol. The number of carbonyl (C=O) groups is 2. The number of esters is 2. The van der Waals surface area contributed by atoms with Crippen molar-refractivity contribution in [2.75, 3.05) is 26.4 Å². The Morgan fingerprint density at radius 3 is 1.53 bits per heavy atom. The SMILES string of the molecule is CCCCCC=CCC=CCC=CCC=CCCCC(=O)O[C@H](COC(=O)CCCCCCCCCCCCCCC)COP(=O)(O)OC[C@@H](O)CO. The van der Waals surface area contributed by atoms with Crippen LogP contribution in [0.25, 0.3) is 0 Å². The lowest BCUT2D eigenvalue weighted by Gasteiger charge is -2.20. The van der Waals surface area contributed by atoms with Gasteiger partial charge in [-0.3, -0.25) is 18.6 Å². The standard InChI is InChI=1S/C42H75O10P/c1-3-5-7-9-11-13-15-17-18-19-20-22-24-26-28-30-32-34-42(46)52-40(38-51-53(47,48)50-36-39(44)35-43)37-49-41(45)33-31-29-27-25-23-21-16-14-12-10-8-6-4-2/h11,13,17-18,20,22,26,28,39-40,43-44H,3-10,12,14-16,19,21,23-25,27,29-38H2,1-2H3,(H,47,48)/t39-,40+/m0/s1. The van der Waals surface area contributed by atoms with Crippen LogP contribution in [0.5, 0.6) is 0 Å². The van der Waals surface area contributed by atoms with Gasteiger partial charge in [-0.25, -0.2) is 4.57 Å². The van der Waals surface area contributed by atoms with Crippen LogP contribution in [0.1, 0.15) is 168 Å². The first-order valence-electron chi connectivity index (χ1n) is 20.6. The van der Waals surface area contributed by atoms with Crippen molar-refractivity contribution in [1.29, 1.82) is 0 Å². The van der Waals surface area contributed by atoms with Crippen molar-refractivity contribution in [3.63, 3.8) is 0 Å². The van der Waals surface area contributed by atoms with Crippen LogP contribution in [0.15, 0.2) is 48.6 Å². The second kappa shape index (κ2) is 38.2. The van der Waals surface area contributed by atoms with Crippen LogP contribution in [-0.2, 0) is 32.7 Å². The van der Waals surface area contributed by atoms with Gasteiger partial charge < -0.3 is 24.6 Å². The number of hydrogen-bond acceptors (Lipinski definition) is 9. The normalized spacial score (nSPS) is 14.4. The van der Waals surface area contributed by atoms with Crippen molar-refractivity contribution in [1.82, 2.24) is 0 Å². The maximum Gasteiger partial charge on any atom is 0.472 e. The molecule has 0 saturated heterocycles. The number of phosphoric ester groups is 1. The Labute approximate surface area is 322 Å². The molecule has 0 fully saturated rings. The third kappa shape index (κ3) is 38.0. The van der Waals surface area contributed by atoms with Crippen LogP contribution in [0, 0.1) is 0 Å². The predicted molar refractivity (Wildman–Crippen MR) is 214 cm³/mol. The van der Waals surface area contributed by atoms with Gasteiger partial charge in [0.2, 0.25) is 0 Å². The number of carbonyl (C=O) groups excluding carboxylic acids is 2. The molecule has 0 aliphatic rings. The molecule has 10 nitrogen and oxygen atoms in total. The summed E-state index contributed by atoms with van der Waals surface area (Å²) >= 11 is 0. The van der Waals surface area contributed by atoms with Crippen LogP contribution in [0.2, 0.25) is 0 Å². The monoisotopic (exact) mass is 771 g/mol. The van der Waals surface area contributed by atoms with Crippen LogP contribution in [0.4, 0.5) is 0 Å². The van der Waals surface area contributed by atoms with E-state index in [2.05, 4.69) is 54.8 Å². The highest BCUT2D eigenvalue weighted by atomic mass is 31.2. The first-order chi connectivity index (χ1) is 25.7. The first kappa shape index (κ1) is 50.9. The summed E-state index contributed by atoms with van der Waals surface area (Å²) in [6, 6.07) is 0. The molecule has 0 aromatic carbocycles.